The van der Waals surface area contributed by atoms with Crippen LogP contribution in [0.15, 0.2) is 18.2 Å². The summed E-state index contributed by atoms with van der Waals surface area (Å²) in [6.07, 6.45) is 7.38. The highest BCUT2D eigenvalue weighted by atomic mass is 16.5. The summed E-state index contributed by atoms with van der Waals surface area (Å²) in [7, 11) is 3.30. The molecule has 1 aromatic rings. The highest BCUT2D eigenvalue weighted by Gasteiger charge is 2.48. The summed E-state index contributed by atoms with van der Waals surface area (Å²) >= 11 is 0. The molecule has 5 heteroatoms. The zero-order chi connectivity index (χ0) is 18.9. The second-order valence-corrected chi connectivity index (χ2v) is 8.49. The minimum absolute atomic E-state index is 0.186. The highest BCUT2D eigenvalue weighted by Crippen LogP contribution is 2.46. The van der Waals surface area contributed by atoms with Gasteiger partial charge in [0.2, 0.25) is 5.91 Å². The zero-order valence-corrected chi connectivity index (χ0v) is 16.6. The quantitative estimate of drug-likeness (QED) is 0.810. The van der Waals surface area contributed by atoms with Gasteiger partial charge in [-0.25, -0.2) is 0 Å². The topological polar surface area (TPSA) is 48.0 Å². The first-order chi connectivity index (χ1) is 13.1. The van der Waals surface area contributed by atoms with Crippen LogP contribution >= 0.6 is 0 Å². The molecule has 3 aliphatic rings. The molecule has 1 aromatic carbocycles. The highest BCUT2D eigenvalue weighted by molar-refractivity contribution is 5.89. The molecule has 2 heterocycles. The predicted octanol–water partition coefficient (Wildman–Crippen LogP) is 3.54. The molecule has 1 aliphatic carbocycles. The lowest BCUT2D eigenvalue weighted by Crippen LogP contribution is -2.52. The number of carbonyl (C=O) groups excluding carboxylic acids is 1. The maximum absolute atomic E-state index is 13.8. The van der Waals surface area contributed by atoms with E-state index in [0.717, 1.165) is 70.4 Å². The molecule has 1 atom stereocenters. The van der Waals surface area contributed by atoms with Crippen molar-refractivity contribution in [2.45, 2.75) is 50.4 Å². The number of benzene rings is 1. The van der Waals surface area contributed by atoms with E-state index in [2.05, 4.69) is 11.0 Å². The normalized spacial score (nSPS) is 27.1. The van der Waals surface area contributed by atoms with Gasteiger partial charge in [0.25, 0.3) is 0 Å². The molecular weight excluding hydrogens is 342 g/mol. The van der Waals surface area contributed by atoms with Crippen LogP contribution in [-0.4, -0.2) is 51.3 Å². The molecule has 4 rings (SSSR count). The SMILES string of the molecule is COc1ccc(C2(C(=O)N3CCC[C@@]4(CCOC4)C3)CCCC2)cc1OC. The average molecular weight is 373 g/mol. The molecule has 1 spiro atoms. The molecule has 2 aliphatic heterocycles. The van der Waals surface area contributed by atoms with Crippen molar-refractivity contribution in [1.29, 1.82) is 0 Å². The van der Waals surface area contributed by atoms with E-state index < -0.39 is 5.41 Å². The third-order valence-electron chi connectivity index (χ3n) is 6.94. The first-order valence-corrected chi connectivity index (χ1v) is 10.2. The van der Waals surface area contributed by atoms with Gasteiger partial charge in [-0.1, -0.05) is 18.9 Å². The lowest BCUT2D eigenvalue weighted by molar-refractivity contribution is -0.141. The Morgan fingerprint density at radius 2 is 1.81 bits per heavy atom. The third-order valence-corrected chi connectivity index (χ3v) is 6.94. The van der Waals surface area contributed by atoms with Gasteiger partial charge >= 0.3 is 0 Å². The minimum Gasteiger partial charge on any atom is -0.493 e. The predicted molar refractivity (Wildman–Crippen MR) is 103 cm³/mol. The molecule has 0 aromatic heterocycles. The second-order valence-electron chi connectivity index (χ2n) is 8.49. The fourth-order valence-electron chi connectivity index (χ4n) is 5.39. The Morgan fingerprint density at radius 1 is 1.04 bits per heavy atom. The maximum atomic E-state index is 13.8. The van der Waals surface area contributed by atoms with Crippen LogP contribution < -0.4 is 9.47 Å². The van der Waals surface area contributed by atoms with Crippen LogP contribution in [0.4, 0.5) is 0 Å². The molecule has 0 unspecified atom stereocenters. The van der Waals surface area contributed by atoms with Gasteiger partial charge in [-0.15, -0.1) is 0 Å². The number of carbonyl (C=O) groups is 1. The van der Waals surface area contributed by atoms with Crippen LogP contribution in [-0.2, 0) is 14.9 Å². The van der Waals surface area contributed by atoms with Crippen LogP contribution in [0.1, 0.15) is 50.5 Å². The zero-order valence-electron chi connectivity index (χ0n) is 16.6. The third kappa shape index (κ3) is 3.20. The summed E-state index contributed by atoms with van der Waals surface area (Å²) in [6, 6.07) is 6.01. The van der Waals surface area contributed by atoms with E-state index in [1.165, 1.54) is 6.42 Å². The fraction of sp³-hybridized carbons (Fsp3) is 0.682. The smallest absolute Gasteiger partial charge is 0.233 e. The Morgan fingerprint density at radius 3 is 2.48 bits per heavy atom. The second kappa shape index (κ2) is 7.34. The van der Waals surface area contributed by atoms with Crippen molar-refractivity contribution in [2.75, 3.05) is 40.5 Å². The molecule has 1 saturated carbocycles. The van der Waals surface area contributed by atoms with E-state index in [4.69, 9.17) is 14.2 Å². The van der Waals surface area contributed by atoms with Gasteiger partial charge in [-0.2, -0.15) is 0 Å². The van der Waals surface area contributed by atoms with Crippen molar-refractivity contribution in [3.63, 3.8) is 0 Å². The Balaban J connectivity index is 1.64. The molecule has 0 N–H and O–H groups in total. The molecule has 5 nitrogen and oxygen atoms in total. The number of ether oxygens (including phenoxy) is 3. The van der Waals surface area contributed by atoms with E-state index in [1.54, 1.807) is 14.2 Å². The largest absolute Gasteiger partial charge is 0.493 e. The van der Waals surface area contributed by atoms with Gasteiger partial charge in [-0.05, 0) is 49.8 Å². The molecule has 0 bridgehead atoms. The lowest BCUT2D eigenvalue weighted by Gasteiger charge is -2.43. The minimum atomic E-state index is -0.419. The van der Waals surface area contributed by atoms with Gasteiger partial charge < -0.3 is 19.1 Å². The van der Waals surface area contributed by atoms with Crippen LogP contribution in [0.3, 0.4) is 0 Å². The number of methoxy groups -OCH3 is 2. The van der Waals surface area contributed by atoms with Gasteiger partial charge in [0.05, 0.1) is 26.2 Å². The number of piperidine rings is 1. The van der Waals surface area contributed by atoms with E-state index in [0.29, 0.717) is 17.4 Å². The molecule has 2 saturated heterocycles. The van der Waals surface area contributed by atoms with Crippen molar-refractivity contribution >= 4 is 5.91 Å². The monoisotopic (exact) mass is 373 g/mol. The Bertz CT molecular complexity index is 690. The molecule has 148 valence electrons. The molecular formula is C22H31NO4. The number of likely N-dealkylation sites (tertiary alicyclic amines) is 1. The van der Waals surface area contributed by atoms with E-state index in [1.807, 2.05) is 12.1 Å². The summed E-state index contributed by atoms with van der Waals surface area (Å²) in [4.78, 5) is 16.0. The van der Waals surface area contributed by atoms with Crippen LogP contribution in [0.5, 0.6) is 11.5 Å². The Labute approximate surface area is 162 Å². The average Bonchev–Trinajstić information content (AvgIpc) is 3.37. The Kier molecular flexibility index (Phi) is 5.06. The number of rotatable bonds is 4. The number of hydrogen-bond donors (Lipinski definition) is 0. The number of amides is 1. The lowest BCUT2D eigenvalue weighted by atomic mass is 9.74. The first kappa shape index (κ1) is 18.6. The van der Waals surface area contributed by atoms with E-state index >= 15 is 0 Å². The molecule has 0 radical (unpaired) electrons. The summed E-state index contributed by atoms with van der Waals surface area (Å²) in [6.45, 7) is 3.36. The van der Waals surface area contributed by atoms with Gasteiger partial charge in [0.15, 0.2) is 11.5 Å². The van der Waals surface area contributed by atoms with Gasteiger partial charge in [0.1, 0.15) is 0 Å². The summed E-state index contributed by atoms with van der Waals surface area (Å²) in [5.74, 6) is 1.72. The van der Waals surface area contributed by atoms with Gasteiger partial charge in [-0.3, -0.25) is 4.79 Å². The molecule has 1 amide bonds. The molecule has 3 fully saturated rings. The maximum Gasteiger partial charge on any atom is 0.233 e. The van der Waals surface area contributed by atoms with E-state index in [9.17, 15) is 4.79 Å². The van der Waals surface area contributed by atoms with Crippen LogP contribution in [0.25, 0.3) is 0 Å². The van der Waals surface area contributed by atoms with Crippen molar-refractivity contribution < 1.29 is 19.0 Å². The van der Waals surface area contributed by atoms with Gasteiger partial charge in [0, 0.05) is 25.1 Å². The van der Waals surface area contributed by atoms with Crippen molar-refractivity contribution in [1.82, 2.24) is 4.90 Å². The van der Waals surface area contributed by atoms with Crippen LogP contribution in [0.2, 0.25) is 0 Å². The van der Waals surface area contributed by atoms with Crippen molar-refractivity contribution in [3.05, 3.63) is 23.8 Å². The Hall–Kier alpha value is -1.75. The number of nitrogens with zero attached hydrogens (tertiary/aromatic N) is 1. The summed E-state index contributed by atoms with van der Waals surface area (Å²) in [5, 5.41) is 0. The van der Waals surface area contributed by atoms with Crippen molar-refractivity contribution in [3.8, 4) is 11.5 Å². The number of hydrogen-bond acceptors (Lipinski definition) is 4. The standard InChI is InChI=1S/C22H31NO4/c1-25-18-7-6-17(14-19(18)26-2)22(9-3-4-10-22)20(24)23-12-5-8-21(15-23)11-13-27-16-21/h6-7,14H,3-5,8-13,15-16H2,1-2H3/t21-/m1/s1. The summed E-state index contributed by atoms with van der Waals surface area (Å²) in [5.41, 5.74) is 0.841. The first-order valence-electron chi connectivity index (χ1n) is 10.2. The van der Waals surface area contributed by atoms with E-state index in [-0.39, 0.29) is 5.41 Å². The molecule has 27 heavy (non-hydrogen) atoms. The van der Waals surface area contributed by atoms with Crippen molar-refractivity contribution in [2.24, 2.45) is 5.41 Å². The fourth-order valence-corrected chi connectivity index (χ4v) is 5.39. The summed E-state index contributed by atoms with van der Waals surface area (Å²) < 4.78 is 16.6. The van der Waals surface area contributed by atoms with Crippen LogP contribution in [0, 0.1) is 5.41 Å².